The van der Waals surface area contributed by atoms with Crippen LogP contribution in [0.15, 0.2) is 0 Å². The number of thiol groups is 1. The Labute approximate surface area is 81.9 Å². The highest BCUT2D eigenvalue weighted by atomic mass is 32.1. The Hall–Kier alpha value is 0.280. The monoisotopic (exact) mass is 194 g/mol. The number of hydrogen-bond donors (Lipinski definition) is 1. The molecule has 0 spiro atoms. The minimum Gasteiger partial charge on any atom is -0.269 e. The fourth-order valence-electron chi connectivity index (χ4n) is 1.25. The first-order valence-electron chi connectivity index (χ1n) is 5.02. The van der Waals surface area contributed by atoms with Gasteiger partial charge in [-0.05, 0) is 12.2 Å². The first kappa shape index (κ1) is 14.8. The van der Waals surface area contributed by atoms with E-state index in [9.17, 15) is 0 Å². The molecule has 76 valence electrons. The van der Waals surface area contributed by atoms with Crippen LogP contribution in [0.5, 0.6) is 0 Å². The van der Waals surface area contributed by atoms with E-state index >= 15 is 0 Å². The molecule has 0 rings (SSSR count). The van der Waals surface area contributed by atoms with Crippen LogP contribution >= 0.6 is 12.6 Å². The van der Waals surface area contributed by atoms with Crippen molar-refractivity contribution in [3.8, 4) is 0 Å². The standard InChI is InChI=1S/C10H22S.FH/c1-2-3-4-5-6-7-8-9-10-11;/h11H,2-10H2,1H3;1H. The molecule has 0 aliphatic carbocycles. The third-order valence-electron chi connectivity index (χ3n) is 2.01. The molecule has 12 heavy (non-hydrogen) atoms. The molecule has 0 fully saturated rings. The zero-order valence-corrected chi connectivity index (χ0v) is 9.11. The van der Waals surface area contributed by atoms with Crippen molar-refractivity contribution in [2.45, 2.75) is 58.3 Å². The molecule has 0 aliphatic heterocycles. The molecule has 0 unspecified atom stereocenters. The molecule has 0 saturated carbocycles. The van der Waals surface area contributed by atoms with E-state index in [2.05, 4.69) is 19.6 Å². The Morgan fingerprint density at radius 2 is 1.17 bits per heavy atom. The van der Waals surface area contributed by atoms with Crippen LogP contribution in [0.1, 0.15) is 58.3 Å². The van der Waals surface area contributed by atoms with Crippen molar-refractivity contribution in [1.82, 2.24) is 0 Å². The van der Waals surface area contributed by atoms with Gasteiger partial charge in [-0.3, -0.25) is 4.70 Å². The minimum atomic E-state index is 0. The predicted octanol–water partition coefficient (Wildman–Crippen LogP) is 4.21. The molecule has 0 aliphatic rings. The molecular weight excluding hydrogens is 171 g/mol. The van der Waals surface area contributed by atoms with E-state index in [0.29, 0.717) is 0 Å². The molecule has 0 aromatic carbocycles. The lowest BCUT2D eigenvalue weighted by Gasteiger charge is -1.98. The van der Waals surface area contributed by atoms with Gasteiger partial charge in [0.1, 0.15) is 0 Å². The van der Waals surface area contributed by atoms with E-state index in [4.69, 9.17) is 0 Å². The van der Waals surface area contributed by atoms with Crippen molar-refractivity contribution in [3.05, 3.63) is 0 Å². The topological polar surface area (TPSA) is 0 Å². The van der Waals surface area contributed by atoms with E-state index in [-0.39, 0.29) is 4.70 Å². The van der Waals surface area contributed by atoms with Crippen LogP contribution in [-0.4, -0.2) is 5.75 Å². The second kappa shape index (κ2) is 13.8. The molecule has 0 saturated heterocycles. The highest BCUT2D eigenvalue weighted by Gasteiger charge is 1.89. The molecule has 0 atom stereocenters. The summed E-state index contributed by atoms with van der Waals surface area (Å²) in [6, 6.07) is 0. The fourth-order valence-corrected chi connectivity index (χ4v) is 1.47. The third kappa shape index (κ3) is 12.9. The summed E-state index contributed by atoms with van der Waals surface area (Å²) < 4.78 is 0. The first-order valence-corrected chi connectivity index (χ1v) is 5.66. The normalized spacial score (nSPS) is 9.50. The average molecular weight is 194 g/mol. The molecule has 2 heteroatoms. The molecule has 0 bridgehead atoms. The van der Waals surface area contributed by atoms with Crippen molar-refractivity contribution in [2.75, 3.05) is 5.75 Å². The van der Waals surface area contributed by atoms with Crippen LogP contribution in [0.25, 0.3) is 0 Å². The van der Waals surface area contributed by atoms with Crippen molar-refractivity contribution < 1.29 is 4.70 Å². The lowest BCUT2D eigenvalue weighted by atomic mass is 10.1. The largest absolute Gasteiger partial charge is 0.269 e. The summed E-state index contributed by atoms with van der Waals surface area (Å²) in [5.41, 5.74) is 0. The van der Waals surface area contributed by atoms with Gasteiger partial charge < -0.3 is 0 Å². The molecule has 0 aromatic rings. The van der Waals surface area contributed by atoms with Crippen molar-refractivity contribution in [3.63, 3.8) is 0 Å². The molecule has 0 N–H and O–H groups in total. The third-order valence-corrected chi connectivity index (χ3v) is 2.33. The van der Waals surface area contributed by atoms with E-state index in [0.717, 1.165) is 5.75 Å². The molecule has 0 amide bonds. The van der Waals surface area contributed by atoms with Crippen LogP contribution in [0.3, 0.4) is 0 Å². The lowest BCUT2D eigenvalue weighted by molar-refractivity contribution is 0.586. The molecule has 0 heterocycles. The van der Waals surface area contributed by atoms with Gasteiger partial charge in [0.2, 0.25) is 0 Å². The zero-order valence-electron chi connectivity index (χ0n) is 8.22. The summed E-state index contributed by atoms with van der Waals surface area (Å²) in [7, 11) is 0. The van der Waals surface area contributed by atoms with Crippen molar-refractivity contribution in [2.24, 2.45) is 0 Å². The Kier molecular flexibility index (Phi) is 17.1. The van der Waals surface area contributed by atoms with Crippen LogP contribution in [0.2, 0.25) is 0 Å². The second-order valence-corrected chi connectivity index (χ2v) is 3.65. The summed E-state index contributed by atoms with van der Waals surface area (Å²) in [6.45, 7) is 2.26. The van der Waals surface area contributed by atoms with Crippen LogP contribution in [-0.2, 0) is 0 Å². The zero-order chi connectivity index (χ0) is 8.36. The number of hydrogen-bond acceptors (Lipinski definition) is 1. The molecule has 0 radical (unpaired) electrons. The minimum absolute atomic E-state index is 0. The van der Waals surface area contributed by atoms with Crippen LogP contribution in [0, 0.1) is 0 Å². The highest BCUT2D eigenvalue weighted by Crippen LogP contribution is 2.08. The fraction of sp³-hybridized carbons (Fsp3) is 1.00. The maximum Gasteiger partial charge on any atom is -0.00979 e. The molecular formula is C10H23FS. The Morgan fingerprint density at radius 3 is 1.58 bits per heavy atom. The van der Waals surface area contributed by atoms with Gasteiger partial charge in [0, 0.05) is 0 Å². The molecule has 0 aromatic heterocycles. The van der Waals surface area contributed by atoms with Gasteiger partial charge >= 0.3 is 0 Å². The van der Waals surface area contributed by atoms with Gasteiger partial charge in [-0.25, -0.2) is 0 Å². The van der Waals surface area contributed by atoms with Crippen molar-refractivity contribution >= 4 is 12.6 Å². The number of unbranched alkanes of at least 4 members (excludes halogenated alkanes) is 7. The number of halogens is 1. The Balaban J connectivity index is 0. The summed E-state index contributed by atoms with van der Waals surface area (Å²) >= 11 is 4.18. The molecule has 0 nitrogen and oxygen atoms in total. The summed E-state index contributed by atoms with van der Waals surface area (Å²) in [6.07, 6.45) is 11.2. The average Bonchev–Trinajstić information content (AvgIpc) is 2.03. The Morgan fingerprint density at radius 1 is 0.750 bits per heavy atom. The summed E-state index contributed by atoms with van der Waals surface area (Å²) in [4.78, 5) is 0. The van der Waals surface area contributed by atoms with Crippen LogP contribution in [0.4, 0.5) is 4.70 Å². The first-order chi connectivity index (χ1) is 5.41. The highest BCUT2D eigenvalue weighted by molar-refractivity contribution is 7.80. The van der Waals surface area contributed by atoms with Crippen molar-refractivity contribution in [1.29, 1.82) is 0 Å². The number of rotatable bonds is 8. The van der Waals surface area contributed by atoms with Gasteiger partial charge in [0.15, 0.2) is 0 Å². The van der Waals surface area contributed by atoms with Gasteiger partial charge in [-0.1, -0.05) is 51.9 Å². The Bertz CT molecular complexity index is 58.9. The van der Waals surface area contributed by atoms with E-state index in [1.807, 2.05) is 0 Å². The smallest absolute Gasteiger partial charge is 0.00979 e. The maximum atomic E-state index is 4.18. The predicted molar refractivity (Wildman–Crippen MR) is 59.0 cm³/mol. The van der Waals surface area contributed by atoms with Gasteiger partial charge in [0.05, 0.1) is 0 Å². The maximum absolute atomic E-state index is 4.18. The van der Waals surface area contributed by atoms with Crippen LogP contribution < -0.4 is 0 Å². The van der Waals surface area contributed by atoms with E-state index in [1.165, 1.54) is 51.4 Å². The van der Waals surface area contributed by atoms with Gasteiger partial charge in [-0.15, -0.1) is 0 Å². The second-order valence-electron chi connectivity index (χ2n) is 3.20. The lowest BCUT2D eigenvalue weighted by Crippen LogP contribution is -1.80. The van der Waals surface area contributed by atoms with Gasteiger partial charge in [-0.2, -0.15) is 12.6 Å². The van der Waals surface area contributed by atoms with Gasteiger partial charge in [0.25, 0.3) is 0 Å². The summed E-state index contributed by atoms with van der Waals surface area (Å²) in [5.74, 6) is 1.06. The summed E-state index contributed by atoms with van der Waals surface area (Å²) in [5, 5.41) is 0. The van der Waals surface area contributed by atoms with E-state index < -0.39 is 0 Å². The van der Waals surface area contributed by atoms with E-state index in [1.54, 1.807) is 0 Å². The quantitative estimate of drug-likeness (QED) is 0.434. The SMILES string of the molecule is CCCCCCCCCCS.F.